The number of anilines is 3. The maximum atomic E-state index is 3.53. The van der Waals surface area contributed by atoms with Gasteiger partial charge in [-0.15, -0.1) is 0 Å². The molecule has 4 heteroatoms. The Labute approximate surface area is 149 Å². The van der Waals surface area contributed by atoms with Crippen LogP contribution in [0.25, 0.3) is 10.8 Å². The zero-order valence-electron chi connectivity index (χ0n) is 12.7. The maximum Gasteiger partial charge on any atom is 0.0784 e. The van der Waals surface area contributed by atoms with E-state index in [1.165, 1.54) is 27.8 Å². The van der Waals surface area contributed by atoms with E-state index < -0.39 is 0 Å². The molecule has 0 fully saturated rings. The summed E-state index contributed by atoms with van der Waals surface area (Å²) in [6.07, 6.45) is 1.13. The minimum absolute atomic E-state index is 1.03. The number of halogens is 1. The lowest BCUT2D eigenvalue weighted by molar-refractivity contribution is 0.952. The standard InChI is InChI=1S/C19H17BrN2S/c20-12-5-13-21-18-8-3-4-9-19(18)22(23-21)17-11-10-15-6-1-2-7-16(15)14-17/h1-4,6-11,14H,5,12-13H2. The highest BCUT2D eigenvalue weighted by atomic mass is 79.9. The molecule has 0 bridgehead atoms. The lowest BCUT2D eigenvalue weighted by atomic mass is 10.1. The van der Waals surface area contributed by atoms with E-state index in [0.29, 0.717) is 0 Å². The molecule has 1 aliphatic rings. The average molecular weight is 385 g/mol. The van der Waals surface area contributed by atoms with Crippen molar-refractivity contribution >= 4 is 55.9 Å². The van der Waals surface area contributed by atoms with Gasteiger partial charge in [0.15, 0.2) is 0 Å². The Morgan fingerprint density at radius 3 is 2.39 bits per heavy atom. The van der Waals surface area contributed by atoms with Gasteiger partial charge in [-0.1, -0.05) is 58.4 Å². The van der Waals surface area contributed by atoms with Crippen LogP contribution in [0.3, 0.4) is 0 Å². The second kappa shape index (κ2) is 6.46. The Bertz CT molecular complexity index is 836. The van der Waals surface area contributed by atoms with Crippen LogP contribution in [0.5, 0.6) is 0 Å². The van der Waals surface area contributed by atoms with Gasteiger partial charge < -0.3 is 0 Å². The molecule has 3 aromatic rings. The lowest BCUT2D eigenvalue weighted by Gasteiger charge is -2.19. The predicted molar refractivity (Wildman–Crippen MR) is 106 cm³/mol. The first-order valence-electron chi connectivity index (χ1n) is 7.76. The third-order valence-corrected chi connectivity index (χ3v) is 5.72. The molecule has 0 amide bonds. The zero-order chi connectivity index (χ0) is 15.6. The van der Waals surface area contributed by atoms with Crippen molar-refractivity contribution in [2.24, 2.45) is 0 Å². The predicted octanol–water partition coefficient (Wildman–Crippen LogP) is 6.15. The molecule has 4 rings (SSSR count). The number of alkyl halides is 1. The molecule has 1 heterocycles. The SMILES string of the molecule is BrCCCN1SN(c2ccc3ccccc3c2)c2ccccc21. The minimum atomic E-state index is 1.03. The van der Waals surface area contributed by atoms with Gasteiger partial charge in [0.1, 0.15) is 0 Å². The second-order valence-corrected chi connectivity index (χ2v) is 7.30. The third-order valence-electron chi connectivity index (χ3n) is 4.01. The summed E-state index contributed by atoms with van der Waals surface area (Å²) in [6.45, 7) is 1.04. The number of para-hydroxylation sites is 2. The lowest BCUT2D eigenvalue weighted by Crippen LogP contribution is -2.15. The fourth-order valence-electron chi connectivity index (χ4n) is 2.89. The molecule has 0 aromatic heterocycles. The molecule has 0 unspecified atom stereocenters. The quantitative estimate of drug-likeness (QED) is 0.393. The molecule has 0 atom stereocenters. The Kier molecular flexibility index (Phi) is 4.19. The summed E-state index contributed by atoms with van der Waals surface area (Å²) >= 11 is 5.32. The molecule has 0 aliphatic carbocycles. The molecule has 0 saturated carbocycles. The smallest absolute Gasteiger partial charge is 0.0784 e. The second-order valence-electron chi connectivity index (χ2n) is 5.54. The van der Waals surface area contributed by atoms with Crippen LogP contribution in [-0.2, 0) is 0 Å². The van der Waals surface area contributed by atoms with Crippen LogP contribution in [0.4, 0.5) is 17.1 Å². The number of fused-ring (bicyclic) bond motifs is 2. The number of rotatable bonds is 4. The number of nitrogens with zero attached hydrogens (tertiary/aromatic N) is 2. The minimum Gasteiger partial charge on any atom is -0.296 e. The van der Waals surface area contributed by atoms with Crippen molar-refractivity contribution in [2.45, 2.75) is 6.42 Å². The molecule has 116 valence electrons. The summed E-state index contributed by atoms with van der Waals surface area (Å²) in [5, 5.41) is 3.59. The van der Waals surface area contributed by atoms with Crippen LogP contribution >= 0.6 is 28.1 Å². The van der Waals surface area contributed by atoms with E-state index in [1.807, 2.05) is 0 Å². The van der Waals surface area contributed by atoms with Gasteiger partial charge in [-0.25, -0.2) is 0 Å². The van der Waals surface area contributed by atoms with Gasteiger partial charge >= 0.3 is 0 Å². The first kappa shape index (κ1) is 14.9. The third kappa shape index (κ3) is 2.81. The molecule has 2 nitrogen and oxygen atoms in total. The number of hydrogen-bond acceptors (Lipinski definition) is 3. The molecular formula is C19H17BrN2S. The van der Waals surface area contributed by atoms with E-state index in [9.17, 15) is 0 Å². The molecule has 23 heavy (non-hydrogen) atoms. The normalized spacial score (nSPS) is 13.6. The summed E-state index contributed by atoms with van der Waals surface area (Å²) < 4.78 is 4.71. The highest BCUT2D eigenvalue weighted by molar-refractivity contribution is 9.09. The van der Waals surface area contributed by atoms with Crippen LogP contribution in [0.15, 0.2) is 66.7 Å². The van der Waals surface area contributed by atoms with Gasteiger partial charge in [0.05, 0.1) is 29.2 Å². The molecule has 0 spiro atoms. The maximum absolute atomic E-state index is 3.53. The Morgan fingerprint density at radius 1 is 0.826 bits per heavy atom. The first-order valence-corrected chi connectivity index (χ1v) is 9.61. The van der Waals surface area contributed by atoms with E-state index in [1.54, 1.807) is 12.1 Å². The van der Waals surface area contributed by atoms with Crippen molar-refractivity contribution in [1.82, 2.24) is 0 Å². The number of benzene rings is 3. The van der Waals surface area contributed by atoms with Gasteiger partial charge in [0.25, 0.3) is 0 Å². The zero-order valence-corrected chi connectivity index (χ0v) is 15.1. The van der Waals surface area contributed by atoms with E-state index >= 15 is 0 Å². The average Bonchev–Trinajstić information content (AvgIpc) is 2.98. The van der Waals surface area contributed by atoms with E-state index in [0.717, 1.165) is 18.3 Å². The van der Waals surface area contributed by atoms with Crippen molar-refractivity contribution in [3.05, 3.63) is 66.7 Å². The van der Waals surface area contributed by atoms with Crippen LogP contribution in [0.1, 0.15) is 6.42 Å². The van der Waals surface area contributed by atoms with Crippen molar-refractivity contribution in [2.75, 3.05) is 20.5 Å². The van der Waals surface area contributed by atoms with Crippen molar-refractivity contribution in [1.29, 1.82) is 0 Å². The highest BCUT2D eigenvalue weighted by Crippen LogP contribution is 2.49. The van der Waals surface area contributed by atoms with E-state index in [4.69, 9.17) is 0 Å². The Balaban J connectivity index is 1.73. The number of hydrogen-bond donors (Lipinski definition) is 0. The summed E-state index contributed by atoms with van der Waals surface area (Å²) in [5.41, 5.74) is 3.79. The van der Waals surface area contributed by atoms with Crippen LogP contribution in [0, 0.1) is 0 Å². The molecule has 0 saturated heterocycles. The summed E-state index contributed by atoms with van der Waals surface area (Å²) in [7, 11) is 0. The van der Waals surface area contributed by atoms with Gasteiger partial charge in [-0.3, -0.25) is 8.61 Å². The van der Waals surface area contributed by atoms with Crippen molar-refractivity contribution in [3.63, 3.8) is 0 Å². The first-order chi connectivity index (χ1) is 11.4. The fourth-order valence-corrected chi connectivity index (χ4v) is 4.24. The molecule has 0 radical (unpaired) electrons. The van der Waals surface area contributed by atoms with Crippen molar-refractivity contribution < 1.29 is 0 Å². The van der Waals surface area contributed by atoms with Gasteiger partial charge in [-0.2, -0.15) is 0 Å². The molecular weight excluding hydrogens is 368 g/mol. The fraction of sp³-hybridized carbons (Fsp3) is 0.158. The monoisotopic (exact) mass is 384 g/mol. The van der Waals surface area contributed by atoms with Gasteiger partial charge in [0, 0.05) is 11.9 Å². The van der Waals surface area contributed by atoms with Gasteiger partial charge in [0.2, 0.25) is 0 Å². The Hall–Kier alpha value is -1.65. The van der Waals surface area contributed by atoms with Gasteiger partial charge in [-0.05, 0) is 41.5 Å². The van der Waals surface area contributed by atoms with Crippen LogP contribution in [0.2, 0.25) is 0 Å². The summed E-state index contributed by atoms with van der Waals surface area (Å²) in [5.74, 6) is 0. The summed E-state index contributed by atoms with van der Waals surface area (Å²) in [6, 6.07) is 23.8. The molecule has 1 aliphatic heterocycles. The van der Waals surface area contributed by atoms with Crippen molar-refractivity contribution in [3.8, 4) is 0 Å². The molecule has 0 N–H and O–H groups in total. The van der Waals surface area contributed by atoms with Crippen LogP contribution < -0.4 is 8.61 Å². The molecule has 3 aromatic carbocycles. The Morgan fingerprint density at radius 2 is 1.57 bits per heavy atom. The summed E-state index contributed by atoms with van der Waals surface area (Å²) in [4.78, 5) is 0. The van der Waals surface area contributed by atoms with Crippen LogP contribution in [-0.4, -0.2) is 11.9 Å². The largest absolute Gasteiger partial charge is 0.296 e. The van der Waals surface area contributed by atoms with E-state index in [-0.39, 0.29) is 0 Å². The van der Waals surface area contributed by atoms with E-state index in [2.05, 4.69) is 91.3 Å². The highest BCUT2D eigenvalue weighted by Gasteiger charge is 2.27. The topological polar surface area (TPSA) is 6.48 Å².